The third kappa shape index (κ3) is 5.68. The zero-order valence-electron chi connectivity index (χ0n) is 23.6. The van der Waals surface area contributed by atoms with Crippen LogP contribution in [0.1, 0.15) is 61.5 Å². The third-order valence-electron chi connectivity index (χ3n) is 8.19. The van der Waals surface area contributed by atoms with Crippen LogP contribution in [0.2, 0.25) is 0 Å². The van der Waals surface area contributed by atoms with E-state index in [4.69, 9.17) is 0 Å². The van der Waals surface area contributed by atoms with Crippen LogP contribution in [-0.4, -0.2) is 33.6 Å². The van der Waals surface area contributed by atoms with Crippen LogP contribution in [0.3, 0.4) is 0 Å². The van der Waals surface area contributed by atoms with Crippen molar-refractivity contribution in [3.8, 4) is 0 Å². The van der Waals surface area contributed by atoms with Crippen LogP contribution in [0.15, 0.2) is 60.9 Å². The molecule has 10 nitrogen and oxygen atoms in total. The molecule has 2 unspecified atom stereocenters. The van der Waals surface area contributed by atoms with Crippen LogP contribution in [0.4, 0.5) is 17.3 Å². The van der Waals surface area contributed by atoms with Gasteiger partial charge in [-0.05, 0) is 67.6 Å². The SMILES string of the molecule is Cc1ccc(NC(=O)c2ccc(CNC(=O)C3(C)CC4(C)CC(C)(C3)C(=O)NC4=O)cc2)cc1Nc1ncccn1. The molecule has 1 saturated carbocycles. The molecule has 5 rings (SSSR count). The van der Waals surface area contributed by atoms with Gasteiger partial charge in [-0.1, -0.05) is 39.0 Å². The Bertz CT molecular complexity index is 1500. The Morgan fingerprint density at radius 1 is 0.902 bits per heavy atom. The number of anilines is 3. The van der Waals surface area contributed by atoms with Gasteiger partial charge in [0.25, 0.3) is 5.91 Å². The fraction of sp³-hybridized carbons (Fsp3) is 0.355. The Morgan fingerprint density at radius 2 is 1.54 bits per heavy atom. The predicted octanol–water partition coefficient (Wildman–Crippen LogP) is 4.26. The van der Waals surface area contributed by atoms with Gasteiger partial charge in [-0.2, -0.15) is 0 Å². The Hall–Kier alpha value is -4.60. The largest absolute Gasteiger partial charge is 0.352 e. The number of piperidine rings is 1. The van der Waals surface area contributed by atoms with Gasteiger partial charge in [0, 0.05) is 52.1 Å². The molecule has 2 atom stereocenters. The van der Waals surface area contributed by atoms with Crippen LogP contribution in [0.5, 0.6) is 0 Å². The van der Waals surface area contributed by atoms with Crippen LogP contribution in [-0.2, 0) is 20.9 Å². The lowest BCUT2D eigenvalue weighted by atomic mass is 9.52. The standard InChI is InChI=1S/C31H34N6O4/c1-19-6-11-22(14-23(19)36-28-32-12-5-13-33-28)35-24(38)21-9-7-20(8-10-21)15-34-25(39)29(2)16-30(3)18-31(4,17-29)27(41)37-26(30)40/h5-14H,15-18H2,1-4H3,(H,34,39)(H,35,38)(H,32,33,36)(H,37,40,41). The molecule has 0 spiro atoms. The quantitative estimate of drug-likeness (QED) is 0.320. The Morgan fingerprint density at radius 3 is 2.17 bits per heavy atom. The van der Waals surface area contributed by atoms with E-state index in [1.165, 1.54) is 0 Å². The summed E-state index contributed by atoms with van der Waals surface area (Å²) in [6.45, 7) is 7.69. The molecule has 212 valence electrons. The Kier molecular flexibility index (Phi) is 7.10. The van der Waals surface area contributed by atoms with E-state index in [0.29, 0.717) is 36.5 Å². The molecule has 4 N–H and O–H groups in total. The van der Waals surface area contributed by atoms with Crippen molar-refractivity contribution in [1.82, 2.24) is 20.6 Å². The maximum atomic E-state index is 13.3. The zero-order chi connectivity index (χ0) is 29.4. The minimum Gasteiger partial charge on any atom is -0.352 e. The molecular weight excluding hydrogens is 520 g/mol. The molecule has 2 fully saturated rings. The van der Waals surface area contributed by atoms with Gasteiger partial charge < -0.3 is 16.0 Å². The summed E-state index contributed by atoms with van der Waals surface area (Å²) in [6.07, 6.45) is 4.48. The van der Waals surface area contributed by atoms with Gasteiger partial charge in [0.05, 0.1) is 0 Å². The maximum Gasteiger partial charge on any atom is 0.255 e. The van der Waals surface area contributed by atoms with E-state index in [9.17, 15) is 19.2 Å². The van der Waals surface area contributed by atoms with Gasteiger partial charge in [0.2, 0.25) is 23.7 Å². The van der Waals surface area contributed by atoms with Crippen molar-refractivity contribution in [1.29, 1.82) is 0 Å². The number of rotatable bonds is 7. The van der Waals surface area contributed by atoms with Crippen molar-refractivity contribution in [3.05, 3.63) is 77.6 Å². The fourth-order valence-electron chi connectivity index (χ4n) is 6.35. The average Bonchev–Trinajstić information content (AvgIpc) is 2.93. The summed E-state index contributed by atoms with van der Waals surface area (Å²) < 4.78 is 0. The third-order valence-corrected chi connectivity index (χ3v) is 8.19. The zero-order valence-corrected chi connectivity index (χ0v) is 23.6. The molecule has 10 heteroatoms. The first-order valence-corrected chi connectivity index (χ1v) is 13.6. The highest BCUT2D eigenvalue weighted by atomic mass is 16.2. The summed E-state index contributed by atoms with van der Waals surface area (Å²) in [6, 6.07) is 14.3. The second-order valence-electron chi connectivity index (χ2n) is 12.1. The molecule has 1 saturated heterocycles. The lowest BCUT2D eigenvalue weighted by Gasteiger charge is -2.53. The normalized spacial score (nSPS) is 25.2. The smallest absolute Gasteiger partial charge is 0.255 e. The van der Waals surface area contributed by atoms with Crippen molar-refractivity contribution in [2.24, 2.45) is 16.2 Å². The average molecular weight is 555 g/mol. The first-order chi connectivity index (χ1) is 19.4. The van der Waals surface area contributed by atoms with E-state index in [-0.39, 0.29) is 30.2 Å². The number of carbonyl (C=O) groups is 4. The van der Waals surface area contributed by atoms with Crippen LogP contribution in [0, 0.1) is 23.2 Å². The lowest BCUT2D eigenvalue weighted by molar-refractivity contribution is -0.164. The van der Waals surface area contributed by atoms with Crippen LogP contribution >= 0.6 is 0 Å². The van der Waals surface area contributed by atoms with Crippen molar-refractivity contribution in [3.63, 3.8) is 0 Å². The van der Waals surface area contributed by atoms with E-state index in [1.807, 2.05) is 45.9 Å². The molecule has 4 amide bonds. The maximum absolute atomic E-state index is 13.3. The highest BCUT2D eigenvalue weighted by Crippen LogP contribution is 2.56. The van der Waals surface area contributed by atoms with Crippen LogP contribution in [0.25, 0.3) is 0 Å². The number of fused-ring (bicyclic) bond motifs is 2. The summed E-state index contributed by atoms with van der Waals surface area (Å²) in [5.41, 5.74) is 1.27. The number of nitrogens with one attached hydrogen (secondary N) is 4. The van der Waals surface area contributed by atoms with Gasteiger partial charge in [-0.15, -0.1) is 0 Å². The minimum atomic E-state index is -0.858. The molecule has 2 aromatic carbocycles. The van der Waals surface area contributed by atoms with Gasteiger partial charge in [-0.3, -0.25) is 24.5 Å². The molecule has 2 bridgehead atoms. The number of hydrogen-bond donors (Lipinski definition) is 4. The van der Waals surface area contributed by atoms with E-state index >= 15 is 0 Å². The molecule has 1 aromatic heterocycles. The number of imide groups is 1. The summed E-state index contributed by atoms with van der Waals surface area (Å²) in [5.74, 6) is -0.614. The Balaban J connectivity index is 1.20. The van der Waals surface area contributed by atoms with Gasteiger partial charge in [-0.25, -0.2) is 9.97 Å². The number of hydrogen-bond acceptors (Lipinski definition) is 7. The summed E-state index contributed by atoms with van der Waals surface area (Å²) in [5, 5.41) is 11.5. The molecule has 41 heavy (non-hydrogen) atoms. The second kappa shape index (κ2) is 10.4. The molecule has 2 aliphatic rings. The van der Waals surface area contributed by atoms with Gasteiger partial charge in [0.1, 0.15) is 0 Å². The topological polar surface area (TPSA) is 142 Å². The number of aromatic nitrogens is 2. The highest BCUT2D eigenvalue weighted by molar-refractivity contribution is 6.05. The van der Waals surface area contributed by atoms with E-state index in [2.05, 4.69) is 31.2 Å². The van der Waals surface area contributed by atoms with Gasteiger partial charge >= 0.3 is 0 Å². The first-order valence-electron chi connectivity index (χ1n) is 13.6. The van der Waals surface area contributed by atoms with E-state index < -0.39 is 16.2 Å². The molecule has 1 aliphatic heterocycles. The van der Waals surface area contributed by atoms with E-state index in [0.717, 1.165) is 16.8 Å². The van der Waals surface area contributed by atoms with E-state index in [1.54, 1.807) is 42.7 Å². The number of nitrogens with zero attached hydrogens (tertiary/aromatic N) is 2. The monoisotopic (exact) mass is 554 g/mol. The van der Waals surface area contributed by atoms with Crippen molar-refractivity contribution >= 4 is 41.0 Å². The fourth-order valence-corrected chi connectivity index (χ4v) is 6.35. The van der Waals surface area contributed by atoms with Gasteiger partial charge in [0.15, 0.2) is 0 Å². The highest BCUT2D eigenvalue weighted by Gasteiger charge is 2.60. The number of amides is 4. The summed E-state index contributed by atoms with van der Waals surface area (Å²) in [4.78, 5) is 59.8. The number of benzene rings is 2. The molecule has 0 radical (unpaired) electrons. The summed E-state index contributed by atoms with van der Waals surface area (Å²) in [7, 11) is 0. The number of aryl methyl sites for hydroxylation is 1. The Labute approximate surface area is 238 Å². The molecule has 3 aromatic rings. The van der Waals surface area contributed by atoms with Crippen molar-refractivity contribution in [2.75, 3.05) is 10.6 Å². The predicted molar refractivity (Wildman–Crippen MR) is 154 cm³/mol. The molecule has 1 aliphatic carbocycles. The minimum absolute atomic E-state index is 0.191. The lowest BCUT2D eigenvalue weighted by Crippen LogP contribution is -2.63. The molecular formula is C31H34N6O4. The summed E-state index contributed by atoms with van der Waals surface area (Å²) >= 11 is 0. The number of carbonyl (C=O) groups excluding carboxylic acids is 4. The molecule has 2 heterocycles. The van der Waals surface area contributed by atoms with Crippen molar-refractivity contribution in [2.45, 2.75) is 53.5 Å². The van der Waals surface area contributed by atoms with Crippen LogP contribution < -0.4 is 21.3 Å². The second-order valence-corrected chi connectivity index (χ2v) is 12.1. The first kappa shape index (κ1) is 27.9. The van der Waals surface area contributed by atoms with Crippen molar-refractivity contribution < 1.29 is 19.2 Å².